The molecule has 4 N–H and O–H groups in total. The molecular weight excluding hydrogens is 322 g/mol. The number of amides is 1. The molecule has 0 aliphatic carbocycles. The van der Waals surface area contributed by atoms with Crippen molar-refractivity contribution in [2.45, 2.75) is 18.8 Å². The first-order valence-corrected chi connectivity index (χ1v) is 7.88. The quantitative estimate of drug-likeness (QED) is 0.548. The maximum Gasteiger partial charge on any atom is 0.407 e. The number of alkyl carbamates (subject to hydrolysis) is 1. The normalized spacial score (nSPS) is 13.4. The van der Waals surface area contributed by atoms with Gasteiger partial charge in [-0.15, -0.1) is 0 Å². The third-order valence-electron chi connectivity index (χ3n) is 3.83. The lowest BCUT2D eigenvalue weighted by Crippen LogP contribution is -2.35. The summed E-state index contributed by atoms with van der Waals surface area (Å²) in [5, 5.41) is 23.6. The van der Waals surface area contributed by atoms with Crippen molar-refractivity contribution in [3.63, 3.8) is 0 Å². The number of aliphatic hydroxyl groups excluding tert-OH is 2. The highest BCUT2D eigenvalue weighted by atomic mass is 16.5. The summed E-state index contributed by atoms with van der Waals surface area (Å²) in [5.41, 5.74) is 2.01. The second-order valence-electron chi connectivity index (χ2n) is 5.60. The largest absolute Gasteiger partial charge is 0.445 e. The Hall–Kier alpha value is -2.90. The highest BCUT2D eigenvalue weighted by molar-refractivity contribution is 5.79. The number of nitrogens with one attached hydrogen (secondary N) is 2. The van der Waals surface area contributed by atoms with Crippen LogP contribution < -0.4 is 5.32 Å². The number of hydrogen-bond donors (Lipinski definition) is 4. The van der Waals surface area contributed by atoms with Gasteiger partial charge in [0.2, 0.25) is 0 Å². The number of nitrogens with zero attached hydrogens (tertiary/aromatic N) is 1. The van der Waals surface area contributed by atoms with Gasteiger partial charge in [0.1, 0.15) is 24.5 Å². The maximum absolute atomic E-state index is 11.7. The summed E-state index contributed by atoms with van der Waals surface area (Å²) in [6.45, 7) is 0.00116. The molecule has 0 fully saturated rings. The van der Waals surface area contributed by atoms with Gasteiger partial charge in [-0.3, -0.25) is 0 Å². The number of carbonyl (C=O) groups excluding carboxylic acids is 1. The van der Waals surface area contributed by atoms with Crippen molar-refractivity contribution in [2.24, 2.45) is 0 Å². The molecular formula is C18H19N3O4. The van der Waals surface area contributed by atoms with E-state index in [4.69, 9.17) is 4.74 Å². The number of hydrogen-bond acceptors (Lipinski definition) is 5. The Balaban J connectivity index is 1.51. The topological polar surface area (TPSA) is 107 Å². The molecule has 2 aromatic heterocycles. The standard InChI is InChI=1S/C18H19N3O4/c22-15(10-21-18(24)25-11-12-5-2-1-3-6-12)16(23)14-9-20-17-13(14)7-4-8-19-17/h1-9,15-16,22-23H,10-11H2,(H,19,20)(H,21,24). The SMILES string of the molecule is O=C(NCC(O)C(O)c1c[nH]c2ncccc12)OCc1ccccc1. The monoisotopic (exact) mass is 341 g/mol. The van der Waals surface area contributed by atoms with Gasteiger partial charge in [-0.2, -0.15) is 0 Å². The molecule has 7 nitrogen and oxygen atoms in total. The van der Waals surface area contributed by atoms with Crippen LogP contribution in [0.3, 0.4) is 0 Å². The first-order chi connectivity index (χ1) is 12.1. The van der Waals surface area contributed by atoms with Crippen molar-refractivity contribution in [3.8, 4) is 0 Å². The van der Waals surface area contributed by atoms with Crippen molar-refractivity contribution >= 4 is 17.1 Å². The van der Waals surface area contributed by atoms with E-state index in [1.165, 1.54) is 0 Å². The van der Waals surface area contributed by atoms with Crippen LogP contribution in [0.1, 0.15) is 17.2 Å². The first-order valence-electron chi connectivity index (χ1n) is 7.88. The Kier molecular flexibility index (Phi) is 5.27. The molecule has 0 saturated heterocycles. The van der Waals surface area contributed by atoms with Crippen molar-refractivity contribution < 1.29 is 19.7 Å². The van der Waals surface area contributed by atoms with Gasteiger partial charge in [0, 0.05) is 29.9 Å². The van der Waals surface area contributed by atoms with E-state index in [1.807, 2.05) is 30.3 Å². The predicted octanol–water partition coefficient (Wildman–Crippen LogP) is 1.88. The van der Waals surface area contributed by atoms with Crippen molar-refractivity contribution in [2.75, 3.05) is 6.54 Å². The van der Waals surface area contributed by atoms with Crippen LogP contribution in [0.5, 0.6) is 0 Å². The van der Waals surface area contributed by atoms with Crippen molar-refractivity contribution in [1.29, 1.82) is 0 Å². The number of H-pyrrole nitrogens is 1. The Bertz CT molecular complexity index is 834. The van der Waals surface area contributed by atoms with Gasteiger partial charge in [0.25, 0.3) is 0 Å². The second-order valence-corrected chi connectivity index (χ2v) is 5.60. The van der Waals surface area contributed by atoms with E-state index in [2.05, 4.69) is 15.3 Å². The summed E-state index contributed by atoms with van der Waals surface area (Å²) in [6, 6.07) is 12.8. The number of rotatable bonds is 6. The molecule has 0 bridgehead atoms. The Morgan fingerprint density at radius 3 is 2.80 bits per heavy atom. The minimum atomic E-state index is -1.18. The highest BCUT2D eigenvalue weighted by Gasteiger charge is 2.22. The number of aliphatic hydroxyl groups is 2. The number of fused-ring (bicyclic) bond motifs is 1. The summed E-state index contributed by atoms with van der Waals surface area (Å²) < 4.78 is 5.06. The molecule has 2 atom stereocenters. The Labute approximate surface area is 144 Å². The molecule has 7 heteroatoms. The van der Waals surface area contributed by atoms with Crippen molar-refractivity contribution in [1.82, 2.24) is 15.3 Å². The van der Waals surface area contributed by atoms with Gasteiger partial charge >= 0.3 is 6.09 Å². The van der Waals surface area contributed by atoms with Gasteiger partial charge in [0.15, 0.2) is 0 Å². The molecule has 2 heterocycles. The van der Waals surface area contributed by atoms with E-state index >= 15 is 0 Å². The summed E-state index contributed by atoms with van der Waals surface area (Å²) in [6.07, 6.45) is 0.237. The van der Waals surface area contributed by atoms with Gasteiger partial charge in [0.05, 0.1) is 0 Å². The van der Waals surface area contributed by atoms with Gasteiger partial charge in [-0.1, -0.05) is 30.3 Å². The van der Waals surface area contributed by atoms with Gasteiger partial charge in [-0.25, -0.2) is 9.78 Å². The third kappa shape index (κ3) is 4.14. The minimum absolute atomic E-state index is 0.137. The zero-order valence-corrected chi connectivity index (χ0v) is 13.4. The number of aromatic amines is 1. The molecule has 0 spiro atoms. The number of aromatic nitrogens is 2. The van der Waals surface area contributed by atoms with Crippen LogP contribution in [0.4, 0.5) is 4.79 Å². The Morgan fingerprint density at radius 2 is 2.00 bits per heavy atom. The molecule has 0 saturated carbocycles. The fraction of sp³-hybridized carbons (Fsp3) is 0.222. The summed E-state index contributed by atoms with van der Waals surface area (Å²) in [4.78, 5) is 18.8. The van der Waals surface area contributed by atoms with Crippen LogP contribution in [-0.4, -0.2) is 38.9 Å². The van der Waals surface area contributed by atoms with E-state index < -0.39 is 18.3 Å². The molecule has 3 aromatic rings. The van der Waals surface area contributed by atoms with Crippen LogP contribution in [-0.2, 0) is 11.3 Å². The molecule has 0 aliphatic rings. The fourth-order valence-electron chi connectivity index (χ4n) is 2.50. The van der Waals surface area contributed by atoms with Crippen molar-refractivity contribution in [3.05, 3.63) is 66.0 Å². The van der Waals surface area contributed by atoms with Crippen LogP contribution in [0.2, 0.25) is 0 Å². The zero-order valence-electron chi connectivity index (χ0n) is 13.4. The van der Waals surface area contributed by atoms with Crippen LogP contribution >= 0.6 is 0 Å². The first kappa shape index (κ1) is 16.9. The molecule has 3 rings (SSSR count). The third-order valence-corrected chi connectivity index (χ3v) is 3.83. The molecule has 1 aromatic carbocycles. The van der Waals surface area contributed by atoms with E-state index in [0.29, 0.717) is 11.2 Å². The van der Waals surface area contributed by atoms with Gasteiger partial charge in [-0.05, 0) is 17.7 Å². The van der Waals surface area contributed by atoms with Crippen LogP contribution in [0.25, 0.3) is 11.0 Å². The number of ether oxygens (including phenoxy) is 1. The lowest BCUT2D eigenvalue weighted by Gasteiger charge is -2.18. The number of pyridine rings is 1. The molecule has 0 aliphatic heterocycles. The van der Waals surface area contributed by atoms with E-state index in [9.17, 15) is 15.0 Å². The zero-order chi connectivity index (χ0) is 17.6. The van der Waals surface area contributed by atoms with E-state index in [1.54, 1.807) is 24.5 Å². The average Bonchev–Trinajstić information content (AvgIpc) is 3.08. The lowest BCUT2D eigenvalue weighted by molar-refractivity contribution is 0.0192. The van der Waals surface area contributed by atoms with E-state index in [-0.39, 0.29) is 13.2 Å². The van der Waals surface area contributed by atoms with Crippen LogP contribution in [0.15, 0.2) is 54.9 Å². The summed E-state index contributed by atoms with van der Waals surface area (Å²) in [5.74, 6) is 0. The molecule has 1 amide bonds. The summed E-state index contributed by atoms with van der Waals surface area (Å²) in [7, 11) is 0. The predicted molar refractivity (Wildman–Crippen MR) is 91.7 cm³/mol. The fourth-order valence-corrected chi connectivity index (χ4v) is 2.50. The number of carbonyl (C=O) groups is 1. The van der Waals surface area contributed by atoms with Crippen LogP contribution in [0, 0.1) is 0 Å². The minimum Gasteiger partial charge on any atom is -0.445 e. The molecule has 2 unspecified atom stereocenters. The molecule has 0 radical (unpaired) electrons. The van der Waals surface area contributed by atoms with E-state index in [0.717, 1.165) is 10.9 Å². The second kappa shape index (κ2) is 7.78. The van der Waals surface area contributed by atoms with Gasteiger partial charge < -0.3 is 25.3 Å². The number of benzene rings is 1. The summed E-state index contributed by atoms with van der Waals surface area (Å²) >= 11 is 0. The smallest absolute Gasteiger partial charge is 0.407 e. The highest BCUT2D eigenvalue weighted by Crippen LogP contribution is 2.24. The molecule has 25 heavy (non-hydrogen) atoms. The maximum atomic E-state index is 11.7. The lowest BCUT2D eigenvalue weighted by atomic mass is 10.0. The average molecular weight is 341 g/mol. The molecule has 130 valence electrons. The Morgan fingerprint density at radius 1 is 1.20 bits per heavy atom.